The summed E-state index contributed by atoms with van der Waals surface area (Å²) in [5.41, 5.74) is 2.42. The minimum Gasteiger partial charge on any atom is -0.480 e. The van der Waals surface area contributed by atoms with Crippen molar-refractivity contribution in [2.24, 2.45) is 9.98 Å². The lowest BCUT2D eigenvalue weighted by Gasteiger charge is -2.31. The van der Waals surface area contributed by atoms with Gasteiger partial charge in [0.25, 0.3) is 11.4 Å². The molecule has 0 spiro atoms. The summed E-state index contributed by atoms with van der Waals surface area (Å²) in [6, 6.07) is 21.6. The van der Waals surface area contributed by atoms with Gasteiger partial charge in [-0.2, -0.15) is 0 Å². The third-order valence-electron chi connectivity index (χ3n) is 10.4. The molecule has 0 unspecified atom stereocenters. The number of carbonyl (C=O) groups is 2. The number of hydrogen-bond donors (Lipinski definition) is 0. The third-order valence-corrected chi connectivity index (χ3v) is 15.3. The second kappa shape index (κ2) is 12.4. The molecule has 0 bridgehead atoms. The van der Waals surface area contributed by atoms with Gasteiger partial charge in [0.05, 0.1) is 54.2 Å². The van der Waals surface area contributed by atoms with E-state index in [0.29, 0.717) is 32.3 Å². The Bertz CT molecular complexity index is 3030. The number of Topliss-reactive ketones (excluding diaryl/α,β-unsaturated/α-hetero) is 2. The molecule has 0 saturated carbocycles. The number of benzene rings is 2. The molecule has 6 heterocycles. The van der Waals surface area contributed by atoms with Gasteiger partial charge in [-0.05, 0) is 51.0 Å². The summed E-state index contributed by atoms with van der Waals surface area (Å²) in [5.74, 6) is 0.800. The molecular formula is C44H22N6O4S4. The first kappa shape index (κ1) is 35.6. The van der Waals surface area contributed by atoms with Gasteiger partial charge < -0.3 is 9.47 Å². The van der Waals surface area contributed by atoms with E-state index in [0.717, 1.165) is 51.5 Å². The second-order valence-electron chi connectivity index (χ2n) is 14.6. The lowest BCUT2D eigenvalue weighted by atomic mass is 9.95. The third kappa shape index (κ3) is 4.87. The number of nitriles is 2. The van der Waals surface area contributed by atoms with E-state index >= 15 is 0 Å². The Hall–Kier alpha value is -6.78. The van der Waals surface area contributed by atoms with Crippen molar-refractivity contribution < 1.29 is 19.1 Å². The van der Waals surface area contributed by atoms with E-state index in [-0.39, 0.29) is 45.5 Å². The first-order valence-corrected chi connectivity index (χ1v) is 20.9. The van der Waals surface area contributed by atoms with E-state index in [1.165, 1.54) is 22.7 Å². The summed E-state index contributed by atoms with van der Waals surface area (Å²) in [7, 11) is 0. The molecule has 276 valence electrons. The molecule has 2 aliphatic carbocycles. The van der Waals surface area contributed by atoms with Crippen LogP contribution >= 0.6 is 45.3 Å². The SMILES string of the molecule is [C-]#[N+]C(C#N)=C1C(=Nc2cc3c(s2)-c2sc4c5c(sc4c2OC3(C)C)-c2sc(N=C3C(=O)c4ccccc4/C3=C(/C#N)[N+]#[C-])cc2C(C)(C)O5)C(=O)c2ccccc21. The maximum atomic E-state index is 13.6. The Labute approximate surface area is 346 Å². The highest BCUT2D eigenvalue weighted by Gasteiger charge is 2.43. The van der Waals surface area contributed by atoms with Crippen molar-refractivity contribution in [2.75, 3.05) is 0 Å². The first-order valence-electron chi connectivity index (χ1n) is 17.7. The van der Waals surface area contributed by atoms with Gasteiger partial charge in [-0.1, -0.05) is 48.5 Å². The van der Waals surface area contributed by atoms with Crippen LogP contribution < -0.4 is 9.47 Å². The minimum atomic E-state index is -0.771. The molecule has 14 heteroatoms. The van der Waals surface area contributed by atoms with Gasteiger partial charge in [-0.3, -0.25) is 9.59 Å². The van der Waals surface area contributed by atoms with Crippen LogP contribution in [-0.4, -0.2) is 23.0 Å². The number of ether oxygens (including phenoxy) is 2. The van der Waals surface area contributed by atoms with Crippen LogP contribution in [0.15, 0.2) is 82.0 Å². The van der Waals surface area contributed by atoms with Crippen molar-refractivity contribution in [1.29, 1.82) is 10.5 Å². The highest BCUT2D eigenvalue weighted by atomic mass is 32.1. The van der Waals surface area contributed by atoms with Crippen LogP contribution in [0.4, 0.5) is 10.0 Å². The molecule has 0 radical (unpaired) electrons. The largest absolute Gasteiger partial charge is 0.480 e. The lowest BCUT2D eigenvalue weighted by Crippen LogP contribution is -2.27. The van der Waals surface area contributed by atoms with Crippen LogP contribution in [0, 0.1) is 35.8 Å². The fraction of sp³-hybridized carbons (Fsp3) is 0.136. The molecule has 58 heavy (non-hydrogen) atoms. The van der Waals surface area contributed by atoms with E-state index in [9.17, 15) is 20.1 Å². The normalized spacial score (nSPS) is 19.4. The summed E-state index contributed by atoms with van der Waals surface area (Å²) in [4.78, 5) is 47.5. The van der Waals surface area contributed by atoms with Gasteiger partial charge >= 0.3 is 0 Å². The van der Waals surface area contributed by atoms with Crippen LogP contribution in [0.3, 0.4) is 0 Å². The zero-order valence-electron chi connectivity index (χ0n) is 30.7. The van der Waals surface area contributed by atoms with Crippen molar-refractivity contribution in [1.82, 2.24) is 0 Å². The van der Waals surface area contributed by atoms with Crippen LogP contribution in [-0.2, 0) is 11.2 Å². The predicted octanol–water partition coefficient (Wildman–Crippen LogP) is 11.9. The number of carbonyl (C=O) groups excluding carboxylic acids is 2. The quantitative estimate of drug-likeness (QED) is 0.126. The van der Waals surface area contributed by atoms with Crippen molar-refractivity contribution >= 4 is 98.9 Å². The Balaban J connectivity index is 1.09. The smallest absolute Gasteiger partial charge is 0.271 e. The van der Waals surface area contributed by atoms with Crippen LogP contribution in [0.5, 0.6) is 11.5 Å². The number of aliphatic imine (C=N–C) groups is 2. The topological polar surface area (TPSA) is 134 Å². The Morgan fingerprint density at radius 1 is 0.621 bits per heavy atom. The summed E-state index contributed by atoms with van der Waals surface area (Å²) in [6.07, 6.45) is 0. The molecule has 0 atom stereocenters. The highest BCUT2D eigenvalue weighted by Crippen LogP contribution is 2.65. The maximum absolute atomic E-state index is 13.6. The molecule has 2 aromatic carbocycles. The lowest BCUT2D eigenvalue weighted by molar-refractivity contribution is 0.106. The molecule has 0 amide bonds. The Kier molecular flexibility index (Phi) is 7.59. The van der Waals surface area contributed by atoms with Crippen LogP contribution in [0.25, 0.3) is 49.7 Å². The average molecular weight is 827 g/mol. The average Bonchev–Trinajstić information content (AvgIpc) is 4.05. The molecule has 0 saturated heterocycles. The Morgan fingerprint density at radius 3 is 1.36 bits per heavy atom. The number of fused-ring (bicyclic) bond motifs is 11. The molecule has 4 aromatic heterocycles. The number of rotatable bonds is 2. The van der Waals surface area contributed by atoms with Gasteiger partial charge in [0, 0.05) is 33.4 Å². The van der Waals surface area contributed by atoms with Gasteiger partial charge in [-0.25, -0.2) is 30.2 Å². The number of nitrogens with zero attached hydrogens (tertiary/aromatic N) is 6. The number of ketones is 2. The monoisotopic (exact) mass is 826 g/mol. The zero-order valence-corrected chi connectivity index (χ0v) is 34.0. The minimum absolute atomic E-state index is 0.0744. The van der Waals surface area contributed by atoms with Crippen molar-refractivity contribution in [3.05, 3.63) is 128 Å². The highest BCUT2D eigenvalue weighted by molar-refractivity contribution is 7.35. The first-order chi connectivity index (χ1) is 27.9. The van der Waals surface area contributed by atoms with Crippen molar-refractivity contribution in [3.63, 3.8) is 0 Å². The fourth-order valence-corrected chi connectivity index (χ4v) is 13.1. The number of allylic oxidation sites excluding steroid dienone is 4. The van der Waals surface area contributed by atoms with Gasteiger partial charge in [0.2, 0.25) is 11.6 Å². The molecule has 0 fully saturated rings. The van der Waals surface area contributed by atoms with Gasteiger partial charge in [0.15, 0.2) is 11.5 Å². The van der Waals surface area contributed by atoms with Crippen molar-refractivity contribution in [3.8, 4) is 43.1 Å². The summed E-state index contributed by atoms with van der Waals surface area (Å²) >= 11 is 5.99. The maximum Gasteiger partial charge on any atom is 0.271 e. The fourth-order valence-electron chi connectivity index (χ4n) is 7.82. The van der Waals surface area contributed by atoms with E-state index in [1.54, 1.807) is 71.2 Å². The number of hydrogen-bond acceptors (Lipinski definition) is 12. The molecular weight excluding hydrogens is 805 g/mol. The van der Waals surface area contributed by atoms with E-state index < -0.39 is 11.2 Å². The number of thiophene rings is 4. The predicted molar refractivity (Wildman–Crippen MR) is 228 cm³/mol. The van der Waals surface area contributed by atoms with Crippen molar-refractivity contribution in [2.45, 2.75) is 38.9 Å². The summed E-state index contributed by atoms with van der Waals surface area (Å²) in [5, 5.41) is 20.7. The second-order valence-corrected chi connectivity index (χ2v) is 18.7. The van der Waals surface area contributed by atoms with E-state index in [4.69, 9.17) is 32.6 Å². The summed E-state index contributed by atoms with van der Waals surface area (Å²) in [6.45, 7) is 23.2. The molecule has 10 rings (SSSR count). The van der Waals surface area contributed by atoms with Crippen LogP contribution in [0.2, 0.25) is 0 Å². The molecule has 4 aliphatic rings. The molecule has 0 N–H and O–H groups in total. The van der Waals surface area contributed by atoms with Crippen LogP contribution in [0.1, 0.15) is 70.7 Å². The van der Waals surface area contributed by atoms with E-state index in [1.807, 2.05) is 52.0 Å². The van der Waals surface area contributed by atoms with E-state index in [2.05, 4.69) is 9.69 Å². The van der Waals surface area contributed by atoms with Gasteiger partial charge in [0.1, 0.15) is 32.6 Å². The zero-order chi connectivity index (χ0) is 40.4. The summed E-state index contributed by atoms with van der Waals surface area (Å²) < 4.78 is 15.5. The Morgan fingerprint density at radius 2 is 1.00 bits per heavy atom. The van der Waals surface area contributed by atoms with Gasteiger partial charge in [-0.15, -0.1) is 45.3 Å². The molecule has 10 nitrogen and oxygen atoms in total. The molecule has 2 aliphatic heterocycles. The molecule has 6 aromatic rings. The standard InChI is InChI=1S/C44H22N6O4S4/c1-43(2)23-15-27(49-31-29(25(17-45)47-5)19-11-7-9-13-21(19)33(31)51)55-37(23)39-35(53-43)41-42(57-39)36-40(58-41)38-24(44(3,4)54-36)16-28(56-38)50-32-30(26(18-46)48-6)20-12-8-10-14-22(20)34(32)52/h7-16H,1-4H3/b29-25+,30-26?,49-31?,50-32?.